The van der Waals surface area contributed by atoms with Crippen molar-refractivity contribution in [3.8, 4) is 22.6 Å². The first-order valence-corrected chi connectivity index (χ1v) is 14.8. The van der Waals surface area contributed by atoms with Crippen molar-refractivity contribution in [2.75, 3.05) is 0 Å². The van der Waals surface area contributed by atoms with Gasteiger partial charge in [-0.25, -0.2) is 9.97 Å². The molecule has 196 valence electrons. The van der Waals surface area contributed by atoms with Gasteiger partial charge in [0.2, 0.25) is 0 Å². The highest BCUT2D eigenvalue weighted by molar-refractivity contribution is 7.26. The molecule has 3 nitrogen and oxygen atoms in total. The minimum Gasteiger partial charge on any atom is -0.319 e. The molecule has 0 amide bonds. The van der Waals surface area contributed by atoms with E-state index in [1.165, 1.54) is 54.0 Å². The summed E-state index contributed by atoms with van der Waals surface area (Å²) in [5, 5.41) is 4.87. The molecule has 0 spiro atoms. The number of aromatic nitrogens is 3. The first-order valence-electron chi connectivity index (χ1n) is 14.0. The molecule has 0 aliphatic carbocycles. The second-order valence-electron chi connectivity index (χ2n) is 10.8. The van der Waals surface area contributed by atoms with E-state index < -0.39 is 0 Å². The highest BCUT2D eigenvalue weighted by atomic mass is 32.1. The molecule has 0 aliphatic heterocycles. The van der Waals surface area contributed by atoms with Gasteiger partial charge in [0.25, 0.3) is 0 Å². The van der Waals surface area contributed by atoms with Crippen molar-refractivity contribution in [1.82, 2.24) is 14.5 Å². The summed E-state index contributed by atoms with van der Waals surface area (Å²) < 4.78 is 3.63. The Morgan fingerprint density at radius 2 is 1.39 bits per heavy atom. The zero-order valence-electron chi connectivity index (χ0n) is 22.9. The van der Waals surface area contributed by atoms with E-state index in [1.807, 2.05) is 0 Å². The minimum atomic E-state index is 0.747. The number of hydrogen-bond donors (Lipinski definition) is 0. The van der Waals surface area contributed by atoms with Gasteiger partial charge in [0.05, 0.1) is 16.7 Å². The smallest absolute Gasteiger partial charge is 0.142 e. The van der Waals surface area contributed by atoms with Gasteiger partial charge in [0.15, 0.2) is 0 Å². The van der Waals surface area contributed by atoms with Crippen molar-refractivity contribution in [3.05, 3.63) is 132 Å². The lowest BCUT2D eigenvalue weighted by atomic mass is 9.99. The van der Waals surface area contributed by atoms with Gasteiger partial charge in [-0.1, -0.05) is 91.0 Å². The SMILES string of the molecule is Cc1cccc(C)c1-c1ccc2c(n1)sc1c(-c3nc4ccc5ccccc5c4n3Cc3ccccc3)cccc12. The average molecular weight is 546 g/mol. The molecule has 0 fully saturated rings. The Kier molecular flexibility index (Phi) is 5.51. The van der Waals surface area contributed by atoms with Crippen LogP contribution in [0.2, 0.25) is 0 Å². The normalized spacial score (nSPS) is 11.8. The van der Waals surface area contributed by atoms with E-state index in [2.05, 4.69) is 134 Å². The molecule has 0 bridgehead atoms. The molecule has 0 saturated heterocycles. The maximum atomic E-state index is 5.29. The summed E-state index contributed by atoms with van der Waals surface area (Å²) in [6.45, 7) is 5.08. The van der Waals surface area contributed by atoms with Crippen LogP contribution in [0.1, 0.15) is 16.7 Å². The van der Waals surface area contributed by atoms with Crippen LogP contribution in [0, 0.1) is 13.8 Å². The van der Waals surface area contributed by atoms with Crippen molar-refractivity contribution >= 4 is 53.4 Å². The van der Waals surface area contributed by atoms with Crippen molar-refractivity contribution in [2.24, 2.45) is 0 Å². The Bertz CT molecular complexity index is 2240. The largest absolute Gasteiger partial charge is 0.319 e. The van der Waals surface area contributed by atoms with Crippen molar-refractivity contribution in [1.29, 1.82) is 0 Å². The standard InChI is InChI=1S/C37H27N3S/c1-23-10-8-11-24(2)33(23)31-21-19-29-28-16-9-17-30(35(28)41-37(29)39-31)36-38-32-20-18-26-14-6-7-15-27(26)34(32)40(36)22-25-12-4-3-5-13-25/h3-21H,22H2,1-2H3. The third-order valence-corrected chi connectivity index (χ3v) is 9.31. The lowest BCUT2D eigenvalue weighted by molar-refractivity contribution is 0.837. The quantitative estimate of drug-likeness (QED) is 0.220. The van der Waals surface area contributed by atoms with E-state index in [4.69, 9.17) is 9.97 Å². The molecule has 3 aromatic heterocycles. The van der Waals surface area contributed by atoms with E-state index in [0.29, 0.717) is 0 Å². The van der Waals surface area contributed by atoms with Gasteiger partial charge in [-0.2, -0.15) is 0 Å². The fraction of sp³-hybridized carbons (Fsp3) is 0.0811. The molecule has 0 saturated carbocycles. The number of fused-ring (bicyclic) bond motifs is 6. The third kappa shape index (κ3) is 3.86. The molecule has 5 aromatic carbocycles. The van der Waals surface area contributed by atoms with Crippen LogP contribution in [0.5, 0.6) is 0 Å². The summed E-state index contributed by atoms with van der Waals surface area (Å²) in [7, 11) is 0. The average Bonchev–Trinajstić information content (AvgIpc) is 3.56. The predicted molar refractivity (Wildman–Crippen MR) is 174 cm³/mol. The van der Waals surface area contributed by atoms with Crippen LogP contribution in [-0.4, -0.2) is 14.5 Å². The molecule has 41 heavy (non-hydrogen) atoms. The van der Waals surface area contributed by atoms with Gasteiger partial charge in [0.1, 0.15) is 10.7 Å². The number of thiophene rings is 1. The molecule has 8 rings (SSSR count). The molecule has 4 heteroatoms. The van der Waals surface area contributed by atoms with Crippen molar-refractivity contribution < 1.29 is 0 Å². The maximum absolute atomic E-state index is 5.29. The number of hydrogen-bond acceptors (Lipinski definition) is 3. The van der Waals surface area contributed by atoms with Gasteiger partial charge in [0, 0.05) is 38.5 Å². The third-order valence-electron chi connectivity index (χ3n) is 8.16. The lowest BCUT2D eigenvalue weighted by Crippen LogP contribution is -2.02. The molecular weight excluding hydrogens is 518 g/mol. The number of nitrogens with zero attached hydrogens (tertiary/aromatic N) is 3. The van der Waals surface area contributed by atoms with E-state index >= 15 is 0 Å². The highest BCUT2D eigenvalue weighted by Crippen LogP contribution is 2.41. The Labute approximate surface area is 242 Å². The Hall–Kier alpha value is -4.80. The summed E-state index contributed by atoms with van der Waals surface area (Å²) >= 11 is 1.77. The lowest BCUT2D eigenvalue weighted by Gasteiger charge is -2.12. The second kappa shape index (κ2) is 9.39. The van der Waals surface area contributed by atoms with Crippen LogP contribution in [0.25, 0.3) is 64.8 Å². The number of pyridine rings is 1. The molecule has 0 aliphatic rings. The monoisotopic (exact) mass is 545 g/mol. The molecule has 8 aromatic rings. The number of rotatable bonds is 4. The minimum absolute atomic E-state index is 0.747. The van der Waals surface area contributed by atoms with Gasteiger partial charge in [-0.05, 0) is 60.2 Å². The van der Waals surface area contributed by atoms with Gasteiger partial charge >= 0.3 is 0 Å². The van der Waals surface area contributed by atoms with E-state index in [-0.39, 0.29) is 0 Å². The zero-order chi connectivity index (χ0) is 27.5. The van der Waals surface area contributed by atoms with Crippen molar-refractivity contribution in [2.45, 2.75) is 20.4 Å². The Morgan fingerprint density at radius 3 is 2.24 bits per heavy atom. The van der Waals surface area contributed by atoms with Crippen LogP contribution >= 0.6 is 11.3 Å². The van der Waals surface area contributed by atoms with Gasteiger partial charge in [-0.15, -0.1) is 11.3 Å². The second-order valence-corrected chi connectivity index (χ2v) is 11.8. The summed E-state index contributed by atoms with van der Waals surface area (Å²) in [4.78, 5) is 11.6. The van der Waals surface area contributed by atoms with Crippen LogP contribution < -0.4 is 0 Å². The van der Waals surface area contributed by atoms with Crippen LogP contribution in [0.3, 0.4) is 0 Å². The summed E-state index contributed by atoms with van der Waals surface area (Å²) in [5.41, 5.74) is 9.35. The molecule has 0 N–H and O–H groups in total. The van der Waals surface area contributed by atoms with E-state index in [0.717, 1.165) is 34.0 Å². The van der Waals surface area contributed by atoms with Gasteiger partial charge in [-0.3, -0.25) is 0 Å². The summed E-state index contributed by atoms with van der Waals surface area (Å²) in [5.74, 6) is 0.993. The zero-order valence-corrected chi connectivity index (χ0v) is 23.7. The Balaban J connectivity index is 1.39. The molecular formula is C37H27N3S. The molecule has 0 radical (unpaired) electrons. The molecule has 0 unspecified atom stereocenters. The number of aryl methyl sites for hydroxylation is 2. The fourth-order valence-corrected chi connectivity index (χ4v) is 7.42. The molecule has 0 atom stereocenters. The number of imidazole rings is 1. The molecule has 3 heterocycles. The number of benzene rings is 5. The highest BCUT2D eigenvalue weighted by Gasteiger charge is 2.20. The fourth-order valence-electron chi connectivity index (χ4n) is 6.24. The Morgan fingerprint density at radius 1 is 0.634 bits per heavy atom. The van der Waals surface area contributed by atoms with Crippen molar-refractivity contribution in [3.63, 3.8) is 0 Å². The van der Waals surface area contributed by atoms with Crippen LogP contribution in [0.15, 0.2) is 115 Å². The first kappa shape index (κ1) is 24.0. The topological polar surface area (TPSA) is 30.7 Å². The van der Waals surface area contributed by atoms with E-state index in [9.17, 15) is 0 Å². The predicted octanol–water partition coefficient (Wildman–Crippen LogP) is 9.95. The van der Waals surface area contributed by atoms with Gasteiger partial charge < -0.3 is 4.57 Å². The summed E-state index contributed by atoms with van der Waals surface area (Å²) in [6.07, 6.45) is 0. The van der Waals surface area contributed by atoms with E-state index in [1.54, 1.807) is 11.3 Å². The van der Waals surface area contributed by atoms with Crippen LogP contribution in [0.4, 0.5) is 0 Å². The first-order chi connectivity index (χ1) is 20.2. The maximum Gasteiger partial charge on any atom is 0.142 e. The van der Waals surface area contributed by atoms with Crippen LogP contribution in [-0.2, 0) is 6.54 Å². The summed E-state index contributed by atoms with van der Waals surface area (Å²) in [6, 6.07) is 41.1.